The summed E-state index contributed by atoms with van der Waals surface area (Å²) in [5, 5.41) is 5.47. The van der Waals surface area contributed by atoms with Gasteiger partial charge in [-0.2, -0.15) is 0 Å². The van der Waals surface area contributed by atoms with Crippen molar-refractivity contribution in [2.75, 3.05) is 55.4 Å². The second kappa shape index (κ2) is 9.27. The van der Waals surface area contributed by atoms with Crippen molar-refractivity contribution >= 4 is 39.8 Å². The van der Waals surface area contributed by atoms with Crippen LogP contribution in [0.4, 0.5) is 21.5 Å². The number of likely N-dealkylation sites (N-methyl/N-ethyl adjacent to an activating group) is 1. The first-order chi connectivity index (χ1) is 17.2. The molecule has 2 N–H and O–H groups in total. The number of anilines is 3. The van der Waals surface area contributed by atoms with Gasteiger partial charge in [-0.05, 0) is 38.2 Å². The maximum atomic E-state index is 15.5. The van der Waals surface area contributed by atoms with Gasteiger partial charge in [-0.1, -0.05) is 6.07 Å². The highest BCUT2D eigenvalue weighted by molar-refractivity contribution is 6.07. The topological polar surface area (TPSA) is 95.9 Å². The number of halogens is 1. The van der Waals surface area contributed by atoms with Crippen molar-refractivity contribution in [1.82, 2.24) is 9.47 Å². The summed E-state index contributed by atoms with van der Waals surface area (Å²) in [6.07, 6.45) is 1.53. The van der Waals surface area contributed by atoms with Crippen molar-refractivity contribution in [2.24, 2.45) is 0 Å². The van der Waals surface area contributed by atoms with Crippen LogP contribution >= 0.6 is 0 Å². The molecular formula is C26H28FN5O4. The van der Waals surface area contributed by atoms with E-state index in [4.69, 9.17) is 4.74 Å². The Morgan fingerprint density at radius 2 is 1.78 bits per heavy atom. The highest BCUT2D eigenvalue weighted by Gasteiger charge is 2.31. The third-order valence-corrected chi connectivity index (χ3v) is 6.65. The first-order valence-corrected chi connectivity index (χ1v) is 11.9. The number of hydrogen-bond donors (Lipinski definition) is 2. The predicted octanol–water partition coefficient (Wildman–Crippen LogP) is 3.06. The maximum absolute atomic E-state index is 15.5. The van der Waals surface area contributed by atoms with Gasteiger partial charge >= 0.3 is 0 Å². The molecule has 2 amide bonds. The Morgan fingerprint density at radius 1 is 1.08 bits per heavy atom. The van der Waals surface area contributed by atoms with Crippen LogP contribution in [0.15, 0.2) is 41.3 Å². The van der Waals surface area contributed by atoms with Gasteiger partial charge in [-0.15, -0.1) is 0 Å². The number of pyridine rings is 1. The lowest BCUT2D eigenvalue weighted by Crippen LogP contribution is -2.45. The van der Waals surface area contributed by atoms with Crippen LogP contribution in [0.3, 0.4) is 0 Å². The zero-order valence-corrected chi connectivity index (χ0v) is 20.4. The van der Waals surface area contributed by atoms with Crippen molar-refractivity contribution in [1.29, 1.82) is 0 Å². The van der Waals surface area contributed by atoms with Crippen LogP contribution in [0.1, 0.15) is 30.2 Å². The minimum absolute atomic E-state index is 0.0983. The Bertz CT molecular complexity index is 1430. The number of aromatic nitrogens is 1. The minimum Gasteiger partial charge on any atom is -0.487 e. The van der Waals surface area contributed by atoms with E-state index in [1.54, 1.807) is 24.3 Å². The summed E-state index contributed by atoms with van der Waals surface area (Å²) < 4.78 is 23.3. The molecule has 0 radical (unpaired) electrons. The number of carbonyl (C=O) groups excluding carboxylic acids is 2. The molecule has 1 atom stereocenters. The largest absolute Gasteiger partial charge is 0.487 e. The number of amides is 2. The molecule has 2 aliphatic heterocycles. The van der Waals surface area contributed by atoms with Gasteiger partial charge in [0.05, 0.1) is 16.9 Å². The molecule has 0 bridgehead atoms. The number of ether oxygens (including phenoxy) is 1. The van der Waals surface area contributed by atoms with E-state index in [0.29, 0.717) is 41.4 Å². The first kappa shape index (κ1) is 23.8. The fourth-order valence-corrected chi connectivity index (χ4v) is 4.77. The first-order valence-electron chi connectivity index (χ1n) is 11.9. The SMILES string of the molecule is CC(=O)Nc1cccc(NC(=O)c2cn3c4c(c(N5CCN(C)CC5)c(F)cc4c2=O)OC[C@@H]3C)c1. The molecule has 0 unspecified atom stereocenters. The molecule has 3 heterocycles. The molecule has 0 spiro atoms. The van der Waals surface area contributed by atoms with E-state index < -0.39 is 17.2 Å². The van der Waals surface area contributed by atoms with Gasteiger partial charge in [0.15, 0.2) is 11.6 Å². The normalized spacial score (nSPS) is 17.6. The summed E-state index contributed by atoms with van der Waals surface area (Å²) in [4.78, 5) is 42.1. The smallest absolute Gasteiger partial charge is 0.261 e. The third kappa shape index (κ3) is 4.28. The quantitative estimate of drug-likeness (QED) is 0.580. The van der Waals surface area contributed by atoms with E-state index in [1.807, 2.05) is 23.4 Å². The van der Waals surface area contributed by atoms with Crippen LogP contribution in [0.5, 0.6) is 5.75 Å². The van der Waals surface area contributed by atoms with Crippen LogP contribution < -0.4 is 25.7 Å². The molecule has 1 aromatic heterocycles. The summed E-state index contributed by atoms with van der Waals surface area (Å²) in [6.45, 7) is 6.48. The van der Waals surface area contributed by atoms with Gasteiger partial charge in [-0.3, -0.25) is 14.4 Å². The molecular weight excluding hydrogens is 465 g/mol. The summed E-state index contributed by atoms with van der Waals surface area (Å²) in [5.41, 5.74) is 1.12. The molecule has 2 aromatic carbocycles. The molecule has 3 aromatic rings. The average Bonchev–Trinajstić information content (AvgIpc) is 2.83. The van der Waals surface area contributed by atoms with Crippen LogP contribution in [0.2, 0.25) is 0 Å². The Balaban J connectivity index is 1.57. The van der Waals surface area contributed by atoms with Crippen molar-refractivity contribution in [3.05, 3.63) is 58.1 Å². The highest BCUT2D eigenvalue weighted by Crippen LogP contribution is 2.42. The standard InChI is InChI=1S/C26H28FN5O4/c1-15-14-36-25-22-19(12-21(27)23(25)31-9-7-30(3)8-10-31)24(34)20(13-32(15)22)26(35)29-18-6-4-5-17(11-18)28-16(2)33/h4-6,11-13,15H,7-10,14H2,1-3H3,(H,28,33)(H,29,35)/t15-/m0/s1. The van der Waals surface area contributed by atoms with E-state index in [2.05, 4.69) is 15.5 Å². The van der Waals surface area contributed by atoms with Crippen molar-refractivity contribution < 1.29 is 18.7 Å². The molecule has 36 heavy (non-hydrogen) atoms. The predicted molar refractivity (Wildman–Crippen MR) is 137 cm³/mol. The molecule has 1 saturated heterocycles. The van der Waals surface area contributed by atoms with Crippen LogP contribution in [0, 0.1) is 5.82 Å². The lowest BCUT2D eigenvalue weighted by molar-refractivity contribution is -0.114. The number of carbonyl (C=O) groups is 2. The van der Waals surface area contributed by atoms with Crippen LogP contribution in [0.25, 0.3) is 10.9 Å². The summed E-state index contributed by atoms with van der Waals surface area (Å²) in [6, 6.07) is 7.68. The number of nitrogens with one attached hydrogen (secondary N) is 2. The van der Waals surface area contributed by atoms with Gasteiger partial charge < -0.3 is 29.7 Å². The van der Waals surface area contributed by atoms with E-state index in [-0.39, 0.29) is 29.5 Å². The Labute approximate surface area is 207 Å². The lowest BCUT2D eigenvalue weighted by Gasteiger charge is -2.37. The molecule has 10 heteroatoms. The van der Waals surface area contributed by atoms with Crippen molar-refractivity contribution in [2.45, 2.75) is 19.9 Å². The van der Waals surface area contributed by atoms with E-state index in [0.717, 1.165) is 13.1 Å². The number of hydrogen-bond acceptors (Lipinski definition) is 6. The fraction of sp³-hybridized carbons (Fsp3) is 0.346. The Hall–Kier alpha value is -3.92. The van der Waals surface area contributed by atoms with Gasteiger partial charge in [0, 0.05) is 50.7 Å². The summed E-state index contributed by atoms with van der Waals surface area (Å²) in [7, 11) is 2.02. The Kier molecular flexibility index (Phi) is 6.13. The second-order valence-corrected chi connectivity index (χ2v) is 9.38. The molecule has 0 aliphatic carbocycles. The molecule has 2 aliphatic rings. The maximum Gasteiger partial charge on any atom is 0.261 e. The van der Waals surface area contributed by atoms with E-state index >= 15 is 4.39 Å². The summed E-state index contributed by atoms with van der Waals surface area (Å²) in [5.74, 6) is -1.05. The fourth-order valence-electron chi connectivity index (χ4n) is 4.77. The zero-order chi connectivity index (χ0) is 25.6. The highest BCUT2D eigenvalue weighted by atomic mass is 19.1. The zero-order valence-electron chi connectivity index (χ0n) is 20.4. The van der Waals surface area contributed by atoms with Crippen LogP contribution in [-0.4, -0.2) is 61.1 Å². The summed E-state index contributed by atoms with van der Waals surface area (Å²) >= 11 is 0. The van der Waals surface area contributed by atoms with Crippen LogP contribution in [-0.2, 0) is 4.79 Å². The van der Waals surface area contributed by atoms with Gasteiger partial charge in [-0.25, -0.2) is 4.39 Å². The van der Waals surface area contributed by atoms with Crippen molar-refractivity contribution in [3.63, 3.8) is 0 Å². The van der Waals surface area contributed by atoms with Gasteiger partial charge in [0.1, 0.15) is 17.9 Å². The second-order valence-electron chi connectivity index (χ2n) is 9.38. The van der Waals surface area contributed by atoms with E-state index in [1.165, 1.54) is 19.2 Å². The molecule has 9 nitrogen and oxygen atoms in total. The molecule has 188 valence electrons. The monoisotopic (exact) mass is 493 g/mol. The lowest BCUT2D eigenvalue weighted by atomic mass is 10.0. The van der Waals surface area contributed by atoms with Gasteiger partial charge in [0.25, 0.3) is 5.91 Å². The Morgan fingerprint density at radius 3 is 2.47 bits per heavy atom. The molecule has 1 fully saturated rings. The van der Waals surface area contributed by atoms with E-state index in [9.17, 15) is 14.4 Å². The molecule has 0 saturated carbocycles. The number of rotatable bonds is 4. The minimum atomic E-state index is -0.616. The number of piperazine rings is 1. The third-order valence-electron chi connectivity index (χ3n) is 6.65. The number of benzene rings is 2. The molecule has 5 rings (SSSR count). The van der Waals surface area contributed by atoms with Gasteiger partial charge in [0.2, 0.25) is 11.3 Å². The average molecular weight is 494 g/mol. The van der Waals surface area contributed by atoms with Crippen molar-refractivity contribution in [3.8, 4) is 5.75 Å². The number of nitrogens with zero attached hydrogens (tertiary/aromatic N) is 3.